The first-order valence-electron chi connectivity index (χ1n) is 8.56. The summed E-state index contributed by atoms with van der Waals surface area (Å²) >= 11 is 0. The highest BCUT2D eigenvalue weighted by Crippen LogP contribution is 2.36. The van der Waals surface area contributed by atoms with E-state index in [1.807, 2.05) is 0 Å². The molecule has 2 saturated carbocycles. The molecule has 0 radical (unpaired) electrons. The van der Waals surface area contributed by atoms with Gasteiger partial charge in [-0.1, -0.05) is 13.3 Å². The van der Waals surface area contributed by atoms with Crippen LogP contribution in [0.4, 0.5) is 0 Å². The van der Waals surface area contributed by atoms with Gasteiger partial charge < -0.3 is 0 Å². The predicted molar refractivity (Wildman–Crippen MR) is 83.5 cm³/mol. The Bertz CT molecular complexity index is 270. The molecule has 0 aliphatic heterocycles. The minimum atomic E-state index is 0.703. The molecule has 0 aromatic heterocycles. The van der Waals surface area contributed by atoms with Crippen LogP contribution >= 0.6 is 0 Å². The van der Waals surface area contributed by atoms with E-state index in [0.29, 0.717) is 6.04 Å². The lowest BCUT2D eigenvalue weighted by Gasteiger charge is -2.50. The molecule has 0 N–H and O–H groups in total. The van der Waals surface area contributed by atoms with Gasteiger partial charge in [-0.05, 0) is 65.8 Å². The van der Waals surface area contributed by atoms with Crippen LogP contribution in [0.1, 0.15) is 66.7 Å². The van der Waals surface area contributed by atoms with E-state index in [0.717, 1.165) is 24.0 Å². The molecule has 19 heavy (non-hydrogen) atoms. The zero-order chi connectivity index (χ0) is 14.0. The van der Waals surface area contributed by atoms with E-state index < -0.39 is 0 Å². The number of nitrogens with zero attached hydrogens (tertiary/aromatic N) is 2. The second-order valence-corrected chi connectivity index (χ2v) is 7.20. The molecule has 2 aliphatic carbocycles. The van der Waals surface area contributed by atoms with Crippen molar-refractivity contribution in [1.29, 1.82) is 0 Å². The molecule has 0 aromatic carbocycles. The Morgan fingerprint density at radius 3 is 1.84 bits per heavy atom. The van der Waals surface area contributed by atoms with Crippen LogP contribution in [0.3, 0.4) is 0 Å². The van der Waals surface area contributed by atoms with Crippen LogP contribution in [0.2, 0.25) is 0 Å². The Labute approximate surface area is 120 Å². The van der Waals surface area contributed by atoms with Gasteiger partial charge in [-0.3, -0.25) is 9.80 Å². The van der Waals surface area contributed by atoms with Gasteiger partial charge in [0.15, 0.2) is 0 Å². The maximum atomic E-state index is 2.80. The third-order valence-electron chi connectivity index (χ3n) is 5.48. The summed E-state index contributed by atoms with van der Waals surface area (Å²) in [5.74, 6) is 0.922. The van der Waals surface area contributed by atoms with Gasteiger partial charge in [0, 0.05) is 30.7 Å². The molecule has 2 fully saturated rings. The molecule has 0 spiro atoms. The summed E-state index contributed by atoms with van der Waals surface area (Å²) in [4.78, 5) is 5.52. The molecule has 0 aromatic rings. The van der Waals surface area contributed by atoms with Crippen molar-refractivity contribution in [1.82, 2.24) is 9.80 Å². The summed E-state index contributed by atoms with van der Waals surface area (Å²) in [5, 5.41) is 0. The zero-order valence-electron chi connectivity index (χ0n) is 13.7. The Hall–Kier alpha value is -0.0800. The second kappa shape index (κ2) is 6.58. The summed E-state index contributed by atoms with van der Waals surface area (Å²) in [6.45, 7) is 14.3. The van der Waals surface area contributed by atoms with Crippen molar-refractivity contribution in [3.63, 3.8) is 0 Å². The van der Waals surface area contributed by atoms with Crippen molar-refractivity contribution in [3.05, 3.63) is 0 Å². The first-order valence-corrected chi connectivity index (χ1v) is 8.56. The average Bonchev–Trinajstić information content (AvgIpc) is 2.25. The van der Waals surface area contributed by atoms with Crippen LogP contribution < -0.4 is 0 Å². The number of hydrogen-bond acceptors (Lipinski definition) is 2. The van der Waals surface area contributed by atoms with Gasteiger partial charge in [0.2, 0.25) is 0 Å². The summed E-state index contributed by atoms with van der Waals surface area (Å²) in [5.41, 5.74) is 0. The minimum absolute atomic E-state index is 0.703. The Kier molecular flexibility index (Phi) is 5.30. The molecule has 2 heteroatoms. The molecule has 2 aliphatic rings. The molecule has 2 unspecified atom stereocenters. The summed E-state index contributed by atoms with van der Waals surface area (Å²) < 4.78 is 0. The van der Waals surface area contributed by atoms with Crippen LogP contribution in [0.5, 0.6) is 0 Å². The maximum Gasteiger partial charge on any atom is 0.0138 e. The molecule has 2 nitrogen and oxygen atoms in total. The lowest BCUT2D eigenvalue weighted by Crippen LogP contribution is -2.56. The third kappa shape index (κ3) is 3.33. The molecule has 112 valence electrons. The molecular weight excluding hydrogens is 232 g/mol. The van der Waals surface area contributed by atoms with Crippen LogP contribution in [-0.2, 0) is 0 Å². The smallest absolute Gasteiger partial charge is 0.0138 e. The molecule has 0 saturated heterocycles. The average molecular weight is 266 g/mol. The van der Waals surface area contributed by atoms with Gasteiger partial charge in [-0.25, -0.2) is 0 Å². The van der Waals surface area contributed by atoms with Crippen LogP contribution in [0.15, 0.2) is 0 Å². The van der Waals surface area contributed by atoms with Gasteiger partial charge in [0.05, 0.1) is 0 Å². The monoisotopic (exact) mass is 266 g/mol. The first kappa shape index (κ1) is 15.3. The molecule has 0 heterocycles. The summed E-state index contributed by atoms with van der Waals surface area (Å²) in [6, 6.07) is 3.18. The van der Waals surface area contributed by atoms with Crippen molar-refractivity contribution in [2.75, 3.05) is 13.1 Å². The molecule has 2 rings (SSSR count). The highest BCUT2D eigenvalue weighted by Gasteiger charge is 2.39. The van der Waals surface area contributed by atoms with Crippen molar-refractivity contribution in [2.45, 2.75) is 90.9 Å². The molecule has 0 amide bonds. The quantitative estimate of drug-likeness (QED) is 0.692. The predicted octanol–water partition coefficient (Wildman–Crippen LogP) is 3.76. The number of hydrogen-bond donors (Lipinski definition) is 0. The largest absolute Gasteiger partial charge is 0.298 e. The lowest BCUT2D eigenvalue weighted by molar-refractivity contribution is -0.00644. The fourth-order valence-corrected chi connectivity index (χ4v) is 3.95. The third-order valence-corrected chi connectivity index (χ3v) is 5.48. The van der Waals surface area contributed by atoms with E-state index in [4.69, 9.17) is 0 Å². The van der Waals surface area contributed by atoms with Crippen molar-refractivity contribution >= 4 is 0 Å². The van der Waals surface area contributed by atoms with Gasteiger partial charge in [0.1, 0.15) is 0 Å². The van der Waals surface area contributed by atoms with Crippen molar-refractivity contribution < 1.29 is 0 Å². The molecular formula is C17H34N2. The second-order valence-electron chi connectivity index (χ2n) is 7.20. The molecule has 2 atom stereocenters. The van der Waals surface area contributed by atoms with E-state index in [1.54, 1.807) is 0 Å². The van der Waals surface area contributed by atoms with Gasteiger partial charge in [0.25, 0.3) is 0 Å². The van der Waals surface area contributed by atoms with Crippen LogP contribution in [0.25, 0.3) is 0 Å². The van der Waals surface area contributed by atoms with Crippen molar-refractivity contribution in [3.8, 4) is 0 Å². The van der Waals surface area contributed by atoms with E-state index in [-0.39, 0.29) is 0 Å². The highest BCUT2D eigenvalue weighted by molar-refractivity contribution is 4.94. The van der Waals surface area contributed by atoms with E-state index in [1.165, 1.54) is 45.2 Å². The SMILES string of the molecule is CCN(C(C)C)C1CCC1CN(C(C)C)C1CCC1. The normalized spacial score (nSPS) is 28.3. The Morgan fingerprint density at radius 1 is 0.895 bits per heavy atom. The summed E-state index contributed by atoms with van der Waals surface area (Å²) in [7, 11) is 0. The number of rotatable bonds is 7. The van der Waals surface area contributed by atoms with Crippen LogP contribution in [-0.4, -0.2) is 47.1 Å². The van der Waals surface area contributed by atoms with Gasteiger partial charge in [-0.15, -0.1) is 0 Å². The Balaban J connectivity index is 1.90. The molecule has 0 bridgehead atoms. The van der Waals surface area contributed by atoms with Crippen LogP contribution in [0, 0.1) is 5.92 Å². The maximum absolute atomic E-state index is 2.80. The highest BCUT2D eigenvalue weighted by atomic mass is 15.2. The fourth-order valence-electron chi connectivity index (χ4n) is 3.95. The van der Waals surface area contributed by atoms with E-state index >= 15 is 0 Å². The standard InChI is InChI=1S/C17H34N2/c1-6-18(13(2)3)17-11-10-15(17)12-19(14(4)5)16-8-7-9-16/h13-17H,6-12H2,1-5H3. The first-order chi connectivity index (χ1) is 9.04. The minimum Gasteiger partial charge on any atom is -0.298 e. The summed E-state index contributed by atoms with van der Waals surface area (Å²) in [6.07, 6.45) is 7.21. The Morgan fingerprint density at radius 2 is 1.53 bits per heavy atom. The topological polar surface area (TPSA) is 6.48 Å². The lowest BCUT2D eigenvalue weighted by atomic mass is 9.76. The zero-order valence-corrected chi connectivity index (χ0v) is 13.7. The van der Waals surface area contributed by atoms with E-state index in [2.05, 4.69) is 44.4 Å². The fraction of sp³-hybridized carbons (Fsp3) is 1.00. The van der Waals surface area contributed by atoms with Gasteiger partial charge >= 0.3 is 0 Å². The van der Waals surface area contributed by atoms with E-state index in [9.17, 15) is 0 Å². The van der Waals surface area contributed by atoms with Crippen molar-refractivity contribution in [2.24, 2.45) is 5.92 Å². The van der Waals surface area contributed by atoms with Gasteiger partial charge in [-0.2, -0.15) is 0 Å².